The number of Topliss-reactive ketones (excluding diaryl/α,β-unsaturated/α-hetero) is 3. The first-order chi connectivity index (χ1) is 39.3. The molecule has 0 spiro atoms. The van der Waals surface area contributed by atoms with Crippen molar-refractivity contribution >= 4 is 43.6 Å². The number of carbonyl (C=O) groups is 6. The van der Waals surface area contributed by atoms with Crippen LogP contribution in [0.25, 0.3) is 0 Å². The highest BCUT2D eigenvalue weighted by Crippen LogP contribution is 2.42. The third kappa shape index (κ3) is 25.3. The van der Waals surface area contributed by atoms with Crippen molar-refractivity contribution in [1.29, 1.82) is 5.26 Å². The lowest BCUT2D eigenvalue weighted by molar-refractivity contribution is -0.147. The summed E-state index contributed by atoms with van der Waals surface area (Å²) in [5.41, 5.74) is 1.62. The molecule has 1 aliphatic heterocycles. The van der Waals surface area contributed by atoms with E-state index in [0.717, 1.165) is 25.7 Å². The zero-order chi connectivity index (χ0) is 60.0. The van der Waals surface area contributed by atoms with Crippen LogP contribution in [0.4, 0.5) is 0 Å². The second-order valence-electron chi connectivity index (χ2n) is 20.0. The molecule has 0 amide bonds. The molecule has 3 aromatic rings. The summed E-state index contributed by atoms with van der Waals surface area (Å²) in [4.78, 5) is 112. The Kier molecular flexibility index (Phi) is 30.5. The van der Waals surface area contributed by atoms with Crippen molar-refractivity contribution in [2.24, 2.45) is 0 Å². The Hall–Kier alpha value is -6.53. The van der Waals surface area contributed by atoms with Crippen molar-refractivity contribution in [2.75, 3.05) is 107 Å². The highest BCUT2D eigenvalue weighted by atomic mass is 31.2. The Balaban J connectivity index is 1.41. The highest BCUT2D eigenvalue weighted by Gasteiger charge is 2.38. The molecule has 0 saturated carbocycles. The van der Waals surface area contributed by atoms with E-state index in [1.807, 2.05) is 48.8 Å². The van der Waals surface area contributed by atoms with Gasteiger partial charge in [0, 0.05) is 82.3 Å². The van der Waals surface area contributed by atoms with Crippen molar-refractivity contribution in [3.63, 3.8) is 0 Å². The minimum absolute atomic E-state index is 0.0724. The fourth-order valence-corrected chi connectivity index (χ4v) is 10.1. The predicted molar refractivity (Wildman–Crippen MR) is 304 cm³/mol. The van der Waals surface area contributed by atoms with Gasteiger partial charge in [0.1, 0.15) is 29.3 Å². The van der Waals surface area contributed by atoms with E-state index in [2.05, 4.69) is 17.9 Å². The fraction of sp³-hybridized carbons (Fsp3) is 0.586. The minimum Gasteiger partial charge on any atom is -0.494 e. The van der Waals surface area contributed by atoms with Crippen molar-refractivity contribution in [1.82, 2.24) is 33.7 Å². The summed E-state index contributed by atoms with van der Waals surface area (Å²) in [7, 11) is 2.54. The first-order valence-corrected chi connectivity index (χ1v) is 29.2. The number of hydrogen-bond acceptors (Lipinski definition) is 21. The number of carbonyl (C=O) groups excluding carboxylic acids is 6. The largest absolute Gasteiger partial charge is 0.494 e. The van der Waals surface area contributed by atoms with Gasteiger partial charge in [-0.1, -0.05) is 38.0 Å². The van der Waals surface area contributed by atoms with Gasteiger partial charge in [-0.2, -0.15) is 5.26 Å². The van der Waals surface area contributed by atoms with E-state index in [0.29, 0.717) is 67.2 Å². The zero-order valence-electron chi connectivity index (χ0n) is 48.8. The SMILES string of the molecule is CC[C@H]1O[C@@H](n2ccc(=O)n(CCCCCCCOc3ccc(C#Cc4cc(CN(CCN(CC(C)=O)CC(C)=O)CC(C)=O)nc(CN(CCN(CC(=O)OC)CC(=O)OC)CC(=O)OC)c4)cc3)c2=O)CC1OP(C)OCCC#N. The number of ether oxygens (including phenoxy) is 5. The molecular weight excluding hydrogens is 1080 g/mol. The Bertz CT molecular complexity index is 2760. The van der Waals surface area contributed by atoms with E-state index in [-0.39, 0.29) is 120 Å². The van der Waals surface area contributed by atoms with Crippen molar-refractivity contribution < 1.29 is 61.5 Å². The first kappa shape index (κ1) is 68.0. The molecule has 24 heteroatoms. The molecule has 23 nitrogen and oxygen atoms in total. The van der Waals surface area contributed by atoms with Crippen LogP contribution in [0.1, 0.15) is 108 Å². The van der Waals surface area contributed by atoms with E-state index in [9.17, 15) is 38.4 Å². The number of benzene rings is 1. The van der Waals surface area contributed by atoms with Crippen molar-refractivity contribution in [3.05, 3.63) is 92.0 Å². The molecule has 4 rings (SSSR count). The van der Waals surface area contributed by atoms with Crippen LogP contribution in [0.15, 0.2) is 58.3 Å². The molecule has 1 fully saturated rings. The minimum atomic E-state index is -1.23. The van der Waals surface area contributed by atoms with E-state index < -0.39 is 38.2 Å². The van der Waals surface area contributed by atoms with Gasteiger partial charge in [-0.15, -0.1) is 0 Å². The summed E-state index contributed by atoms with van der Waals surface area (Å²) in [5, 5.41) is 8.81. The van der Waals surface area contributed by atoms with Gasteiger partial charge in [0.25, 0.3) is 5.56 Å². The van der Waals surface area contributed by atoms with Crippen molar-refractivity contribution in [2.45, 2.75) is 117 Å². The third-order valence-corrected chi connectivity index (χ3v) is 14.1. The normalized spacial score (nSPS) is 15.2. The number of ketones is 3. The molecule has 2 aromatic heterocycles. The number of aromatic nitrogens is 3. The molecule has 1 aliphatic rings. The van der Waals surface area contributed by atoms with Gasteiger partial charge in [-0.25, -0.2) is 4.79 Å². The molecule has 4 atom stereocenters. The summed E-state index contributed by atoms with van der Waals surface area (Å²) < 4.78 is 41.4. The summed E-state index contributed by atoms with van der Waals surface area (Å²) in [5.74, 6) is 5.21. The predicted octanol–water partition coefficient (Wildman–Crippen LogP) is 4.28. The molecule has 0 aliphatic carbocycles. The lowest BCUT2D eigenvalue weighted by Gasteiger charge is -2.27. The molecule has 1 aromatic carbocycles. The lowest BCUT2D eigenvalue weighted by atomic mass is 10.1. The van der Waals surface area contributed by atoms with Gasteiger partial charge in [0.2, 0.25) is 0 Å². The van der Waals surface area contributed by atoms with Gasteiger partial charge < -0.3 is 32.7 Å². The highest BCUT2D eigenvalue weighted by molar-refractivity contribution is 7.46. The Labute approximate surface area is 482 Å². The van der Waals surface area contributed by atoms with Gasteiger partial charge in [-0.3, -0.25) is 67.3 Å². The second-order valence-corrected chi connectivity index (χ2v) is 21.3. The average molecular weight is 1160 g/mol. The van der Waals surface area contributed by atoms with Crippen LogP contribution in [0.3, 0.4) is 0 Å². The fourth-order valence-electron chi connectivity index (χ4n) is 9.06. The van der Waals surface area contributed by atoms with Gasteiger partial charge >= 0.3 is 23.6 Å². The van der Waals surface area contributed by atoms with Gasteiger partial charge in [0.05, 0.1) is 110 Å². The standard InChI is InChI=1S/C58H81N8O15P/c1-9-51-52(81-82(8)79-31-15-23-59)34-54(80-51)66-25-22-53(70)65(58(66)74)24-13-11-10-12-14-30-78-50-20-18-46(19-21-50)16-17-47-32-48(38-62(37-45(4)69)27-26-61(35-43(2)67)36-44(3)68)60-49(33-47)39-63(40-55(71)75-5)28-29-64(41-56(72)76-6)42-57(73)77-7/h18-22,25,32-33,51-52,54H,9-15,24,26-31,34-42H2,1-8H3/t51-,52?,54-,82?/m1/s1. The van der Waals surface area contributed by atoms with Crippen LogP contribution in [0.5, 0.6) is 5.75 Å². The molecule has 448 valence electrons. The zero-order valence-corrected chi connectivity index (χ0v) is 49.7. The number of rotatable bonds is 38. The number of unbranched alkanes of at least 4 members (excludes halogenated alkanes) is 4. The molecule has 82 heavy (non-hydrogen) atoms. The van der Waals surface area contributed by atoms with E-state index in [1.165, 1.54) is 63.5 Å². The number of methoxy groups -OCH3 is 3. The first-order valence-electron chi connectivity index (χ1n) is 27.5. The topological polar surface area (TPSA) is 261 Å². The molecule has 0 N–H and O–H groups in total. The van der Waals surface area contributed by atoms with E-state index in [4.69, 9.17) is 43.0 Å². The van der Waals surface area contributed by atoms with Gasteiger partial charge in [0.15, 0.2) is 8.38 Å². The number of hydrogen-bond donors (Lipinski definition) is 0. The summed E-state index contributed by atoms with van der Waals surface area (Å²) in [6.07, 6.45) is 5.78. The average Bonchev–Trinajstić information content (AvgIpc) is 3.92. The molecule has 3 heterocycles. The lowest BCUT2D eigenvalue weighted by Crippen LogP contribution is -2.42. The summed E-state index contributed by atoms with van der Waals surface area (Å²) in [6, 6.07) is 14.4. The van der Waals surface area contributed by atoms with Crippen LogP contribution in [-0.4, -0.2) is 188 Å². The number of nitriles is 1. The maximum absolute atomic E-state index is 13.5. The van der Waals surface area contributed by atoms with Crippen LogP contribution in [0, 0.1) is 23.2 Å². The summed E-state index contributed by atoms with van der Waals surface area (Å²) >= 11 is 0. The quantitative estimate of drug-likeness (QED) is 0.0255. The monoisotopic (exact) mass is 1160 g/mol. The van der Waals surface area contributed by atoms with E-state index >= 15 is 0 Å². The second kappa shape index (κ2) is 36.8. The Morgan fingerprint density at radius 1 is 0.695 bits per heavy atom. The third-order valence-electron chi connectivity index (χ3n) is 13.0. The van der Waals surface area contributed by atoms with Crippen LogP contribution >= 0.6 is 8.38 Å². The number of nitrogens with zero attached hydrogens (tertiary/aromatic N) is 8. The van der Waals surface area contributed by atoms with Crippen LogP contribution in [0.2, 0.25) is 0 Å². The number of pyridine rings is 1. The molecule has 0 bridgehead atoms. The molecule has 1 saturated heterocycles. The maximum atomic E-state index is 13.5. The number of esters is 3. The van der Waals surface area contributed by atoms with Crippen molar-refractivity contribution in [3.8, 4) is 23.7 Å². The molecule has 2 unspecified atom stereocenters. The maximum Gasteiger partial charge on any atom is 0.333 e. The Morgan fingerprint density at radius 3 is 1.77 bits per heavy atom. The van der Waals surface area contributed by atoms with Crippen LogP contribution < -0.4 is 16.0 Å². The van der Waals surface area contributed by atoms with Crippen LogP contribution in [-0.2, 0) is 76.4 Å². The smallest absolute Gasteiger partial charge is 0.333 e. The van der Waals surface area contributed by atoms with E-state index in [1.54, 1.807) is 20.8 Å². The Morgan fingerprint density at radius 2 is 1.21 bits per heavy atom. The van der Waals surface area contributed by atoms with Gasteiger partial charge in [-0.05, 0) is 76.4 Å². The summed E-state index contributed by atoms with van der Waals surface area (Å²) in [6.45, 7) is 10.3. The molecular formula is C58H81N8O15P. The molecule has 0 radical (unpaired) electrons.